The maximum atomic E-state index is 12.2. The molecule has 0 aromatic carbocycles. The minimum atomic E-state index is -4.60. The van der Waals surface area contributed by atoms with Gasteiger partial charge < -0.3 is 15.7 Å². The van der Waals surface area contributed by atoms with Crippen LogP contribution in [0.4, 0.5) is 0 Å². The third kappa shape index (κ3) is 9.46. The monoisotopic (exact) mass is 470 g/mol. The van der Waals surface area contributed by atoms with Crippen LogP contribution in [0.3, 0.4) is 0 Å². The average Bonchev–Trinajstić information content (AvgIpc) is 2.66. The number of aliphatic hydroxyl groups excluding tert-OH is 1. The van der Waals surface area contributed by atoms with Gasteiger partial charge >= 0.3 is 0 Å². The topological polar surface area (TPSA) is 153 Å². The molecule has 5 N–H and O–H groups in total. The number of nitrogens with one attached hydrogen (secondary N) is 2. The minimum Gasteiger partial charge on any atom is -0.390 e. The first-order chi connectivity index (χ1) is 14.1. The molecule has 0 aromatic rings. The number of aliphatic hydroxyl groups is 1. The first-order valence-corrected chi connectivity index (χ1v) is 14.3. The second kappa shape index (κ2) is 12.1. The van der Waals surface area contributed by atoms with Crippen molar-refractivity contribution in [3.8, 4) is 0 Å². The predicted molar refractivity (Wildman–Crippen MR) is 116 cm³/mol. The Morgan fingerprint density at radius 3 is 1.87 bits per heavy atom. The van der Waals surface area contributed by atoms with Gasteiger partial charge in [-0.3, -0.25) is 9.11 Å². The summed E-state index contributed by atoms with van der Waals surface area (Å²) < 4.78 is 65.6. The smallest absolute Gasteiger partial charge is 0.271 e. The van der Waals surface area contributed by atoms with Gasteiger partial charge in [0.25, 0.3) is 20.2 Å². The van der Waals surface area contributed by atoms with Gasteiger partial charge in [-0.1, -0.05) is 38.5 Å². The van der Waals surface area contributed by atoms with Crippen molar-refractivity contribution in [3.63, 3.8) is 0 Å². The zero-order chi connectivity index (χ0) is 22.2. The Morgan fingerprint density at radius 2 is 1.37 bits per heavy atom. The molecule has 178 valence electrons. The van der Waals surface area contributed by atoms with E-state index in [4.69, 9.17) is 4.55 Å². The Hall–Kier alpha value is -0.300. The van der Waals surface area contributed by atoms with Crippen molar-refractivity contribution < 1.29 is 31.0 Å². The van der Waals surface area contributed by atoms with E-state index in [2.05, 4.69) is 10.6 Å². The third-order valence-corrected chi connectivity index (χ3v) is 8.45. The van der Waals surface area contributed by atoms with Crippen molar-refractivity contribution in [2.75, 3.05) is 12.3 Å². The van der Waals surface area contributed by atoms with Crippen LogP contribution in [0.1, 0.15) is 77.0 Å². The molecule has 3 unspecified atom stereocenters. The molecule has 2 aliphatic carbocycles. The number of hydrogen-bond donors (Lipinski definition) is 5. The lowest BCUT2D eigenvalue weighted by molar-refractivity contribution is 0.133. The van der Waals surface area contributed by atoms with E-state index in [9.17, 15) is 26.5 Å². The van der Waals surface area contributed by atoms with Crippen molar-refractivity contribution in [1.82, 2.24) is 10.6 Å². The molecule has 0 amide bonds. The van der Waals surface area contributed by atoms with E-state index in [1.165, 1.54) is 6.42 Å². The zero-order valence-corrected chi connectivity index (χ0v) is 19.2. The molecule has 30 heavy (non-hydrogen) atoms. The molecule has 2 saturated carbocycles. The molecule has 3 atom stereocenters. The van der Waals surface area contributed by atoms with E-state index in [-0.39, 0.29) is 31.5 Å². The maximum absolute atomic E-state index is 12.2. The van der Waals surface area contributed by atoms with Gasteiger partial charge in [0.15, 0.2) is 0 Å². The highest BCUT2D eigenvalue weighted by molar-refractivity contribution is 7.86. The lowest BCUT2D eigenvalue weighted by Crippen LogP contribution is -2.56. The molecular weight excluding hydrogens is 432 g/mol. The zero-order valence-electron chi connectivity index (χ0n) is 17.6. The Bertz CT molecular complexity index is 702. The van der Waals surface area contributed by atoms with E-state index in [1.54, 1.807) is 0 Å². The SMILES string of the molecule is O=S(=O)(O)CCCC(NC1CCCCC1)C(C(O)CNC1CCCCC1)S(=O)(=O)O. The normalized spacial score (nSPS) is 23.2. The molecule has 0 radical (unpaired) electrons. The van der Waals surface area contributed by atoms with Crippen LogP contribution in [0.5, 0.6) is 0 Å². The summed E-state index contributed by atoms with van der Waals surface area (Å²) >= 11 is 0. The molecule has 0 spiro atoms. The highest BCUT2D eigenvalue weighted by atomic mass is 32.2. The number of rotatable bonds is 12. The molecular formula is C19H38N2O7S2. The van der Waals surface area contributed by atoms with Gasteiger partial charge in [0.05, 0.1) is 11.9 Å². The molecule has 2 aliphatic rings. The van der Waals surface area contributed by atoms with Crippen molar-refractivity contribution >= 4 is 20.2 Å². The first-order valence-electron chi connectivity index (χ1n) is 11.2. The van der Waals surface area contributed by atoms with Crippen molar-refractivity contribution in [2.45, 2.75) is 107 Å². The van der Waals surface area contributed by atoms with Gasteiger partial charge in [-0.15, -0.1) is 0 Å². The second-order valence-electron chi connectivity index (χ2n) is 8.83. The Morgan fingerprint density at radius 1 is 0.833 bits per heavy atom. The summed E-state index contributed by atoms with van der Waals surface area (Å²) in [7, 11) is -8.77. The summed E-state index contributed by atoms with van der Waals surface area (Å²) in [5.41, 5.74) is 0. The van der Waals surface area contributed by atoms with Crippen LogP contribution in [0.2, 0.25) is 0 Å². The Kier molecular flexibility index (Phi) is 10.4. The van der Waals surface area contributed by atoms with Crippen LogP contribution < -0.4 is 10.6 Å². The molecule has 0 saturated heterocycles. The van der Waals surface area contributed by atoms with Gasteiger partial charge in [0, 0.05) is 24.7 Å². The molecule has 0 aliphatic heterocycles. The summed E-state index contributed by atoms with van der Waals surface area (Å²) in [5, 5.41) is 15.7. The van der Waals surface area contributed by atoms with Gasteiger partial charge in [0.2, 0.25) is 0 Å². The lowest BCUT2D eigenvalue weighted by atomic mass is 9.93. The van der Waals surface area contributed by atoms with Gasteiger partial charge in [0.1, 0.15) is 5.25 Å². The van der Waals surface area contributed by atoms with Crippen LogP contribution in [-0.2, 0) is 20.2 Å². The van der Waals surface area contributed by atoms with Gasteiger partial charge in [-0.05, 0) is 38.5 Å². The molecule has 0 bridgehead atoms. The van der Waals surface area contributed by atoms with E-state index in [0.29, 0.717) is 0 Å². The highest BCUT2D eigenvalue weighted by Gasteiger charge is 2.39. The molecule has 2 rings (SSSR count). The van der Waals surface area contributed by atoms with E-state index in [0.717, 1.165) is 57.8 Å². The minimum absolute atomic E-state index is 0.0258. The summed E-state index contributed by atoms with van der Waals surface area (Å²) in [6.07, 6.45) is 8.96. The third-order valence-electron chi connectivity index (χ3n) is 6.31. The van der Waals surface area contributed by atoms with E-state index >= 15 is 0 Å². The highest BCUT2D eigenvalue weighted by Crippen LogP contribution is 2.23. The van der Waals surface area contributed by atoms with Crippen LogP contribution in [0.25, 0.3) is 0 Å². The number of hydrogen-bond acceptors (Lipinski definition) is 7. The molecule has 2 fully saturated rings. The molecule has 0 heterocycles. The lowest BCUT2D eigenvalue weighted by Gasteiger charge is -2.35. The van der Waals surface area contributed by atoms with Gasteiger partial charge in [-0.2, -0.15) is 16.8 Å². The summed E-state index contributed by atoms with van der Waals surface area (Å²) in [4.78, 5) is 0. The fraction of sp³-hybridized carbons (Fsp3) is 1.00. The van der Waals surface area contributed by atoms with Crippen molar-refractivity contribution in [1.29, 1.82) is 0 Å². The van der Waals surface area contributed by atoms with E-state index < -0.39 is 43.4 Å². The van der Waals surface area contributed by atoms with Crippen LogP contribution >= 0.6 is 0 Å². The Labute approximate surface area is 180 Å². The maximum Gasteiger partial charge on any atom is 0.271 e. The van der Waals surface area contributed by atoms with Crippen LogP contribution in [0, 0.1) is 0 Å². The fourth-order valence-corrected chi connectivity index (χ4v) is 6.44. The second-order valence-corrected chi connectivity index (χ2v) is 12.0. The van der Waals surface area contributed by atoms with Crippen LogP contribution in [0.15, 0.2) is 0 Å². The van der Waals surface area contributed by atoms with Crippen molar-refractivity contribution in [3.05, 3.63) is 0 Å². The first kappa shape index (κ1) is 26.0. The summed E-state index contributed by atoms with van der Waals surface area (Å²) in [6, 6.07) is -0.537. The standard InChI is InChI=1S/C19H38N2O7S2/c22-18(14-20-15-8-3-1-4-9-15)19(30(26,27)28)17(12-7-13-29(23,24)25)21-16-10-5-2-6-11-16/h15-22H,1-14H2,(H,23,24,25)(H,26,27,28). The van der Waals surface area contributed by atoms with Gasteiger partial charge in [-0.25, -0.2) is 0 Å². The molecule has 0 aromatic heterocycles. The summed E-state index contributed by atoms with van der Waals surface area (Å²) in [5.74, 6) is -0.496. The summed E-state index contributed by atoms with van der Waals surface area (Å²) in [6.45, 7) is 0.0380. The average molecular weight is 471 g/mol. The van der Waals surface area contributed by atoms with E-state index in [1.807, 2.05) is 0 Å². The fourth-order valence-electron chi connectivity index (χ4n) is 4.78. The molecule has 11 heteroatoms. The van der Waals surface area contributed by atoms with Crippen LogP contribution in [-0.4, -0.2) is 72.8 Å². The predicted octanol–water partition coefficient (Wildman–Crippen LogP) is 1.48. The largest absolute Gasteiger partial charge is 0.390 e. The molecule has 9 nitrogen and oxygen atoms in total. The quantitative estimate of drug-likeness (QED) is 0.267. The van der Waals surface area contributed by atoms with Crippen molar-refractivity contribution in [2.24, 2.45) is 0 Å². The Balaban J connectivity index is 2.09.